The van der Waals surface area contributed by atoms with Crippen molar-refractivity contribution in [2.24, 2.45) is 0 Å². The van der Waals surface area contributed by atoms with Gasteiger partial charge >= 0.3 is 0 Å². The van der Waals surface area contributed by atoms with Gasteiger partial charge in [-0.1, -0.05) is 92.1 Å². The molecule has 6 nitrogen and oxygen atoms in total. The normalized spacial score (nSPS) is 15.5. The quantitative estimate of drug-likeness (QED) is 0.364. The Labute approximate surface area is 216 Å². The van der Waals surface area contributed by atoms with Crippen LogP contribution in [-0.4, -0.2) is 15.5 Å². The van der Waals surface area contributed by atoms with Crippen LogP contribution in [0.5, 0.6) is 0 Å². The number of amides is 1. The van der Waals surface area contributed by atoms with Crippen LogP contribution < -0.4 is 16.4 Å². The number of anilines is 1. The fourth-order valence-electron chi connectivity index (χ4n) is 6.02. The topological polar surface area (TPSA) is 76.0 Å². The molecule has 2 aliphatic rings. The molecule has 2 aliphatic carbocycles. The summed E-state index contributed by atoms with van der Waals surface area (Å²) < 4.78 is 1.68. The number of hydrogen-bond donors (Lipinski definition) is 2. The van der Waals surface area contributed by atoms with Gasteiger partial charge in [-0.15, -0.1) is 0 Å². The van der Waals surface area contributed by atoms with Gasteiger partial charge in [-0.2, -0.15) is 0 Å². The molecule has 2 N–H and O–H groups in total. The van der Waals surface area contributed by atoms with Gasteiger partial charge in [-0.25, -0.2) is 4.98 Å². The number of aromatic nitrogens is 2. The Morgan fingerprint density at radius 1 is 0.865 bits per heavy atom. The molecule has 1 amide bonds. The van der Waals surface area contributed by atoms with E-state index >= 15 is 0 Å². The van der Waals surface area contributed by atoms with E-state index in [0.29, 0.717) is 18.1 Å². The molecule has 1 spiro atoms. The summed E-state index contributed by atoms with van der Waals surface area (Å²) in [5.74, 6) is 0.0440. The van der Waals surface area contributed by atoms with Crippen LogP contribution in [0.3, 0.4) is 0 Å². The Morgan fingerprint density at radius 3 is 2.30 bits per heavy atom. The van der Waals surface area contributed by atoms with Gasteiger partial charge in [0.25, 0.3) is 11.5 Å². The van der Waals surface area contributed by atoms with Crippen molar-refractivity contribution in [2.75, 3.05) is 5.43 Å². The smallest absolute Gasteiger partial charge is 0.269 e. The van der Waals surface area contributed by atoms with Gasteiger partial charge in [0.05, 0.1) is 17.8 Å². The van der Waals surface area contributed by atoms with E-state index in [1.54, 1.807) is 16.7 Å². The van der Waals surface area contributed by atoms with Gasteiger partial charge in [0, 0.05) is 16.5 Å². The standard InChI is InChI=1S/C31H30N4O2/c36-28(23-14-6-2-7-15-23)33-34-30-32-27-25-17-9-8-16-24(25)20-31(18-10-3-11-19-31)26(27)29(37)35(30)21-22-12-4-1-5-13-22/h1-2,4-9,12-17H,3,10-11,18-21H2,(H,32,34)(H,33,36). The number of carbonyl (C=O) groups excluding carboxylic acids is 1. The highest BCUT2D eigenvalue weighted by atomic mass is 16.2. The lowest BCUT2D eigenvalue weighted by molar-refractivity contribution is 0.0962. The molecule has 0 aliphatic heterocycles. The minimum atomic E-state index is -0.289. The first-order valence-corrected chi connectivity index (χ1v) is 13.0. The third kappa shape index (κ3) is 4.33. The van der Waals surface area contributed by atoms with Crippen molar-refractivity contribution in [3.05, 3.63) is 118 Å². The second kappa shape index (κ2) is 9.69. The first-order chi connectivity index (χ1) is 18.1. The number of hydrazine groups is 1. The van der Waals surface area contributed by atoms with Crippen molar-refractivity contribution in [3.8, 4) is 11.3 Å². The van der Waals surface area contributed by atoms with Crippen LogP contribution in [0.1, 0.15) is 59.2 Å². The summed E-state index contributed by atoms with van der Waals surface area (Å²) in [6, 6.07) is 27.2. The molecular formula is C31H30N4O2. The minimum absolute atomic E-state index is 0.0262. The van der Waals surface area contributed by atoms with Crippen LogP contribution >= 0.6 is 0 Å². The van der Waals surface area contributed by atoms with Crippen molar-refractivity contribution in [1.29, 1.82) is 0 Å². The van der Waals surface area contributed by atoms with Crippen LogP contribution in [-0.2, 0) is 18.4 Å². The Hall–Kier alpha value is -4.19. The lowest BCUT2D eigenvalue weighted by Gasteiger charge is -2.42. The second-order valence-corrected chi connectivity index (χ2v) is 10.2. The molecule has 37 heavy (non-hydrogen) atoms. The Morgan fingerprint density at radius 2 is 1.54 bits per heavy atom. The van der Waals surface area contributed by atoms with Gasteiger partial charge in [0.1, 0.15) is 0 Å². The summed E-state index contributed by atoms with van der Waals surface area (Å²) in [7, 11) is 0. The second-order valence-electron chi connectivity index (χ2n) is 10.2. The van der Waals surface area contributed by atoms with Crippen LogP contribution in [0.15, 0.2) is 89.7 Å². The SMILES string of the molecule is O=C(NNc1nc2c(c(=O)n1Cc1ccccc1)C1(CCCCC1)Cc1ccccc1-2)c1ccccc1. The molecule has 6 rings (SSSR count). The molecule has 1 fully saturated rings. The number of hydrogen-bond acceptors (Lipinski definition) is 4. The van der Waals surface area contributed by atoms with Crippen molar-refractivity contribution in [2.45, 2.75) is 50.5 Å². The number of nitrogens with zero attached hydrogens (tertiary/aromatic N) is 2. The van der Waals surface area contributed by atoms with Gasteiger partial charge in [0.15, 0.2) is 0 Å². The lowest BCUT2D eigenvalue weighted by atomic mass is 9.62. The molecule has 1 heterocycles. The first kappa shape index (κ1) is 23.2. The van der Waals surface area contributed by atoms with Gasteiger partial charge in [-0.05, 0) is 42.5 Å². The molecule has 4 aromatic rings. The van der Waals surface area contributed by atoms with Gasteiger partial charge in [0.2, 0.25) is 5.95 Å². The van der Waals surface area contributed by atoms with Crippen molar-refractivity contribution < 1.29 is 4.79 Å². The van der Waals surface area contributed by atoms with E-state index < -0.39 is 0 Å². The zero-order valence-corrected chi connectivity index (χ0v) is 20.7. The zero-order chi connectivity index (χ0) is 25.2. The number of rotatable bonds is 5. The third-order valence-corrected chi connectivity index (χ3v) is 7.82. The fourth-order valence-corrected chi connectivity index (χ4v) is 6.02. The maximum Gasteiger partial charge on any atom is 0.269 e. The summed E-state index contributed by atoms with van der Waals surface area (Å²) in [6.07, 6.45) is 6.30. The Bertz CT molecular complexity index is 1490. The summed E-state index contributed by atoms with van der Waals surface area (Å²) in [5, 5.41) is 0. The van der Waals surface area contributed by atoms with E-state index in [1.165, 1.54) is 12.0 Å². The van der Waals surface area contributed by atoms with Crippen molar-refractivity contribution in [1.82, 2.24) is 15.0 Å². The average molecular weight is 491 g/mol. The monoisotopic (exact) mass is 490 g/mol. The van der Waals surface area contributed by atoms with E-state index in [2.05, 4.69) is 29.1 Å². The molecule has 0 saturated heterocycles. The molecule has 0 atom stereocenters. The van der Waals surface area contributed by atoms with E-state index in [9.17, 15) is 9.59 Å². The highest BCUT2D eigenvalue weighted by Gasteiger charge is 2.43. The highest BCUT2D eigenvalue weighted by Crippen LogP contribution is 2.48. The van der Waals surface area contributed by atoms with Crippen LogP contribution in [0.25, 0.3) is 11.3 Å². The summed E-state index contributed by atoms with van der Waals surface area (Å²) in [4.78, 5) is 32.3. The maximum absolute atomic E-state index is 14.4. The van der Waals surface area contributed by atoms with Gasteiger partial charge in [-0.3, -0.25) is 25.0 Å². The Kier molecular flexibility index (Phi) is 6.08. The molecule has 3 aromatic carbocycles. The van der Waals surface area contributed by atoms with E-state index in [4.69, 9.17) is 4.98 Å². The number of benzene rings is 3. The number of carbonyl (C=O) groups is 1. The molecular weight excluding hydrogens is 460 g/mol. The molecule has 0 unspecified atom stereocenters. The van der Waals surface area contributed by atoms with Crippen molar-refractivity contribution >= 4 is 11.9 Å². The highest BCUT2D eigenvalue weighted by molar-refractivity contribution is 5.94. The summed E-state index contributed by atoms with van der Waals surface area (Å²) in [5.41, 5.74) is 10.9. The number of nitrogens with one attached hydrogen (secondary N) is 2. The predicted molar refractivity (Wildman–Crippen MR) is 145 cm³/mol. The molecule has 186 valence electrons. The Balaban J connectivity index is 1.49. The predicted octanol–water partition coefficient (Wildman–Crippen LogP) is 5.47. The molecule has 6 heteroatoms. The first-order valence-electron chi connectivity index (χ1n) is 13.0. The van der Waals surface area contributed by atoms with E-state index in [0.717, 1.165) is 54.5 Å². The number of fused-ring (bicyclic) bond motifs is 4. The largest absolute Gasteiger partial charge is 0.273 e. The molecule has 0 radical (unpaired) electrons. The van der Waals surface area contributed by atoms with Crippen molar-refractivity contribution in [3.63, 3.8) is 0 Å². The lowest BCUT2D eigenvalue weighted by Crippen LogP contribution is -2.44. The fraction of sp³-hybridized carbons (Fsp3) is 0.258. The summed E-state index contributed by atoms with van der Waals surface area (Å²) >= 11 is 0. The van der Waals surface area contributed by atoms with Gasteiger partial charge < -0.3 is 0 Å². The molecule has 0 bridgehead atoms. The van der Waals surface area contributed by atoms with Crippen LogP contribution in [0.4, 0.5) is 5.95 Å². The molecule has 1 saturated carbocycles. The molecule has 1 aromatic heterocycles. The average Bonchev–Trinajstić information content (AvgIpc) is 2.94. The zero-order valence-electron chi connectivity index (χ0n) is 20.7. The van der Waals surface area contributed by atoms with E-state index in [1.807, 2.05) is 54.6 Å². The maximum atomic E-state index is 14.4. The van der Waals surface area contributed by atoms with Crippen LogP contribution in [0.2, 0.25) is 0 Å². The van der Waals surface area contributed by atoms with E-state index in [-0.39, 0.29) is 16.9 Å². The van der Waals surface area contributed by atoms with Crippen LogP contribution in [0, 0.1) is 0 Å². The summed E-state index contributed by atoms with van der Waals surface area (Å²) in [6.45, 7) is 0.362. The minimum Gasteiger partial charge on any atom is -0.273 e. The third-order valence-electron chi connectivity index (χ3n) is 7.82.